The zero-order valence-electron chi connectivity index (χ0n) is 16.4. The summed E-state index contributed by atoms with van der Waals surface area (Å²) in [5, 5.41) is 9.43. The first kappa shape index (κ1) is 20.3. The van der Waals surface area contributed by atoms with Crippen molar-refractivity contribution in [3.8, 4) is 5.69 Å². The molecule has 0 saturated carbocycles. The molecule has 4 rings (SSSR count). The second-order valence-electron chi connectivity index (χ2n) is 7.33. The minimum Gasteiger partial charge on any atom is -0.378 e. The number of hydrogen-bond donors (Lipinski definition) is 0. The molecule has 2 aromatic rings. The van der Waals surface area contributed by atoms with Crippen LogP contribution in [0.15, 0.2) is 29.4 Å². The summed E-state index contributed by atoms with van der Waals surface area (Å²) >= 11 is 1.38. The first-order chi connectivity index (χ1) is 14.2. The summed E-state index contributed by atoms with van der Waals surface area (Å²) < 4.78 is 20.7. The third-order valence-electron chi connectivity index (χ3n) is 5.29. The molecule has 9 heteroatoms. The van der Waals surface area contributed by atoms with Gasteiger partial charge in [0.1, 0.15) is 5.82 Å². The third-order valence-corrected chi connectivity index (χ3v) is 6.20. The molecule has 0 N–H and O–H groups in total. The zero-order valence-corrected chi connectivity index (χ0v) is 17.2. The molecule has 0 bridgehead atoms. The molecule has 0 aliphatic carbocycles. The average Bonchev–Trinajstić information content (AvgIpc) is 3.16. The summed E-state index contributed by atoms with van der Waals surface area (Å²) in [4.78, 5) is 16.7. The number of morpholine rings is 1. The highest BCUT2D eigenvalue weighted by atomic mass is 32.2. The zero-order chi connectivity index (χ0) is 20.1. The van der Waals surface area contributed by atoms with E-state index in [2.05, 4.69) is 15.1 Å². The first-order valence-corrected chi connectivity index (χ1v) is 11.1. The fourth-order valence-electron chi connectivity index (χ4n) is 3.69. The molecular weight excluding hydrogens is 393 g/mol. The molecule has 2 fully saturated rings. The topological polar surface area (TPSA) is 63.5 Å². The fourth-order valence-corrected chi connectivity index (χ4v) is 4.57. The minimum atomic E-state index is -0.281. The molecule has 2 aliphatic heterocycles. The molecule has 2 aliphatic rings. The largest absolute Gasteiger partial charge is 0.378 e. The molecule has 7 nitrogen and oxygen atoms in total. The Hall–Kier alpha value is -1.97. The number of thioether (sulfide) groups is 1. The van der Waals surface area contributed by atoms with E-state index in [1.807, 2.05) is 9.47 Å². The highest BCUT2D eigenvalue weighted by molar-refractivity contribution is 7.99. The monoisotopic (exact) mass is 419 g/mol. The van der Waals surface area contributed by atoms with Crippen molar-refractivity contribution in [3.63, 3.8) is 0 Å². The van der Waals surface area contributed by atoms with E-state index >= 15 is 0 Å². The molecule has 29 heavy (non-hydrogen) atoms. The van der Waals surface area contributed by atoms with Gasteiger partial charge in [-0.05, 0) is 50.2 Å². The van der Waals surface area contributed by atoms with E-state index in [1.54, 1.807) is 12.1 Å². The quantitative estimate of drug-likeness (QED) is 0.670. The number of rotatable bonds is 6. The number of ether oxygens (including phenoxy) is 1. The van der Waals surface area contributed by atoms with Gasteiger partial charge in [0, 0.05) is 18.8 Å². The van der Waals surface area contributed by atoms with Gasteiger partial charge < -0.3 is 9.64 Å². The van der Waals surface area contributed by atoms with Crippen molar-refractivity contribution in [3.05, 3.63) is 35.9 Å². The summed E-state index contributed by atoms with van der Waals surface area (Å²) in [6, 6.07) is 6.33. The van der Waals surface area contributed by atoms with Crippen molar-refractivity contribution in [2.45, 2.75) is 31.0 Å². The molecule has 0 atom stereocenters. The van der Waals surface area contributed by atoms with Gasteiger partial charge >= 0.3 is 0 Å². The summed E-state index contributed by atoms with van der Waals surface area (Å²) in [6.07, 6.45) is 3.66. The Labute approximate surface area is 174 Å². The van der Waals surface area contributed by atoms with Crippen LogP contribution in [0, 0.1) is 5.82 Å². The molecule has 3 heterocycles. The van der Waals surface area contributed by atoms with Crippen LogP contribution >= 0.6 is 11.8 Å². The Morgan fingerprint density at radius 1 is 1.03 bits per heavy atom. The van der Waals surface area contributed by atoms with Crippen LogP contribution in [0.4, 0.5) is 4.39 Å². The molecule has 1 aromatic heterocycles. The highest BCUT2D eigenvalue weighted by Crippen LogP contribution is 2.24. The number of amides is 1. The van der Waals surface area contributed by atoms with E-state index in [0.717, 1.165) is 24.6 Å². The van der Waals surface area contributed by atoms with Gasteiger partial charge in [-0.25, -0.2) is 4.39 Å². The molecule has 2 saturated heterocycles. The van der Waals surface area contributed by atoms with Gasteiger partial charge in [0.25, 0.3) is 0 Å². The van der Waals surface area contributed by atoms with E-state index in [9.17, 15) is 9.18 Å². The number of halogens is 1. The van der Waals surface area contributed by atoms with Crippen LogP contribution < -0.4 is 0 Å². The molecular formula is C20H26FN5O2S. The van der Waals surface area contributed by atoms with Gasteiger partial charge in [-0.2, -0.15) is 0 Å². The number of piperidine rings is 1. The van der Waals surface area contributed by atoms with Crippen LogP contribution in [0.5, 0.6) is 0 Å². The molecule has 0 spiro atoms. The first-order valence-electron chi connectivity index (χ1n) is 10.1. The van der Waals surface area contributed by atoms with Crippen LogP contribution in [0.3, 0.4) is 0 Å². The summed E-state index contributed by atoms with van der Waals surface area (Å²) in [6.45, 7) is 5.23. The lowest BCUT2D eigenvalue weighted by Crippen LogP contribution is -2.41. The Morgan fingerprint density at radius 3 is 2.48 bits per heavy atom. The molecule has 0 radical (unpaired) electrons. The lowest BCUT2D eigenvalue weighted by Gasteiger charge is -2.27. The molecule has 156 valence electrons. The molecule has 1 amide bonds. The number of carbonyl (C=O) groups excluding carboxylic acids is 1. The molecule has 1 aromatic carbocycles. The van der Waals surface area contributed by atoms with Gasteiger partial charge in [0.2, 0.25) is 5.91 Å². The predicted molar refractivity (Wildman–Crippen MR) is 109 cm³/mol. The van der Waals surface area contributed by atoms with Crippen molar-refractivity contribution < 1.29 is 13.9 Å². The third kappa shape index (κ3) is 5.15. The van der Waals surface area contributed by atoms with Crippen molar-refractivity contribution in [2.75, 3.05) is 45.1 Å². The second-order valence-corrected chi connectivity index (χ2v) is 8.27. The second kappa shape index (κ2) is 9.69. The Morgan fingerprint density at radius 2 is 1.76 bits per heavy atom. The van der Waals surface area contributed by atoms with Gasteiger partial charge in [-0.15, -0.1) is 10.2 Å². The lowest BCUT2D eigenvalue weighted by atomic mass is 10.1. The smallest absolute Gasteiger partial charge is 0.233 e. The lowest BCUT2D eigenvalue weighted by molar-refractivity contribution is -0.132. The number of hydrogen-bond acceptors (Lipinski definition) is 6. The number of nitrogens with zero attached hydrogens (tertiary/aromatic N) is 5. The number of carbonyl (C=O) groups is 1. The van der Waals surface area contributed by atoms with E-state index in [1.165, 1.54) is 43.2 Å². The molecule has 0 unspecified atom stereocenters. The minimum absolute atomic E-state index is 0.0736. The average molecular weight is 420 g/mol. The van der Waals surface area contributed by atoms with Crippen molar-refractivity contribution in [2.24, 2.45) is 0 Å². The fraction of sp³-hybridized carbons (Fsp3) is 0.550. The van der Waals surface area contributed by atoms with Crippen molar-refractivity contribution in [1.29, 1.82) is 0 Å². The Bertz CT molecular complexity index is 817. The van der Waals surface area contributed by atoms with Crippen LogP contribution in [0.1, 0.15) is 25.1 Å². The van der Waals surface area contributed by atoms with Crippen LogP contribution in [-0.4, -0.2) is 75.6 Å². The number of likely N-dealkylation sites (tertiary alicyclic amines) is 1. The van der Waals surface area contributed by atoms with E-state index in [4.69, 9.17) is 4.74 Å². The predicted octanol–water partition coefficient (Wildman–Crippen LogP) is 2.34. The Balaban J connectivity index is 1.52. The van der Waals surface area contributed by atoms with E-state index in [0.29, 0.717) is 43.8 Å². The van der Waals surface area contributed by atoms with Crippen molar-refractivity contribution >= 4 is 17.7 Å². The summed E-state index contributed by atoms with van der Waals surface area (Å²) in [5.74, 6) is 0.906. The number of benzene rings is 1. The summed E-state index contributed by atoms with van der Waals surface area (Å²) in [5.41, 5.74) is 0.810. The van der Waals surface area contributed by atoms with Crippen LogP contribution in [-0.2, 0) is 16.1 Å². The van der Waals surface area contributed by atoms with Crippen LogP contribution in [0.25, 0.3) is 5.69 Å². The standard InChI is InChI=1S/C20H26FN5O2S/c21-16-4-6-17(7-5-16)26-18(14-24-8-2-1-3-9-24)22-23-20(26)29-15-19(27)25-10-12-28-13-11-25/h4-7H,1-3,8-15H2. The maximum absolute atomic E-state index is 13.4. The van der Waals surface area contributed by atoms with Gasteiger partial charge in [-0.3, -0.25) is 14.3 Å². The van der Waals surface area contributed by atoms with E-state index < -0.39 is 0 Å². The van der Waals surface area contributed by atoms with Gasteiger partial charge in [-0.1, -0.05) is 18.2 Å². The van der Waals surface area contributed by atoms with Crippen molar-refractivity contribution in [1.82, 2.24) is 24.6 Å². The number of aromatic nitrogens is 3. The van der Waals surface area contributed by atoms with Gasteiger partial charge in [0.05, 0.1) is 25.5 Å². The summed E-state index contributed by atoms with van der Waals surface area (Å²) in [7, 11) is 0. The van der Waals surface area contributed by atoms with Crippen LogP contribution in [0.2, 0.25) is 0 Å². The van der Waals surface area contributed by atoms with E-state index in [-0.39, 0.29) is 11.7 Å². The highest BCUT2D eigenvalue weighted by Gasteiger charge is 2.21. The normalized spacial score (nSPS) is 18.2. The SMILES string of the molecule is O=C(CSc1nnc(CN2CCCCC2)n1-c1ccc(F)cc1)N1CCOCC1. The van der Waals surface area contributed by atoms with Gasteiger partial charge in [0.15, 0.2) is 11.0 Å². The maximum atomic E-state index is 13.4. The Kier molecular flexibility index (Phi) is 6.78. The maximum Gasteiger partial charge on any atom is 0.233 e.